The van der Waals surface area contributed by atoms with Gasteiger partial charge in [-0.1, -0.05) is 0 Å². The van der Waals surface area contributed by atoms with Gasteiger partial charge < -0.3 is 19.5 Å². The summed E-state index contributed by atoms with van der Waals surface area (Å²) in [7, 11) is 3.08. The Hall–Kier alpha value is -2.52. The maximum absolute atomic E-state index is 12.1. The van der Waals surface area contributed by atoms with Gasteiger partial charge in [0.2, 0.25) is 0 Å². The van der Waals surface area contributed by atoms with E-state index >= 15 is 0 Å². The first-order valence-electron chi connectivity index (χ1n) is 7.41. The average Bonchev–Trinajstić information content (AvgIpc) is 3.11. The molecule has 0 radical (unpaired) electrons. The summed E-state index contributed by atoms with van der Waals surface area (Å²) in [6, 6.07) is 7.11. The molecule has 0 spiro atoms. The van der Waals surface area contributed by atoms with Gasteiger partial charge in [0, 0.05) is 24.8 Å². The van der Waals surface area contributed by atoms with Crippen molar-refractivity contribution in [2.45, 2.75) is 18.9 Å². The standard InChI is InChI=1S/C17H20N2O4/c1-21-14-6-5-12(16(9-14)22-2)8-13(10-18)17(20)19-11-15-4-3-7-23-15/h5-6,8-9,15H,3-4,7,11H2,1-2H3,(H,19,20)/b13-8+/t15-/m0/s1. The number of nitrogens with one attached hydrogen (secondary N) is 1. The van der Waals surface area contributed by atoms with Crippen molar-refractivity contribution in [3.63, 3.8) is 0 Å². The number of hydrogen-bond acceptors (Lipinski definition) is 5. The van der Waals surface area contributed by atoms with Gasteiger partial charge in [-0.2, -0.15) is 5.26 Å². The molecule has 6 heteroatoms. The highest BCUT2D eigenvalue weighted by Gasteiger charge is 2.18. The van der Waals surface area contributed by atoms with Crippen LogP contribution >= 0.6 is 0 Å². The first kappa shape index (κ1) is 16.8. The maximum Gasteiger partial charge on any atom is 0.262 e. The van der Waals surface area contributed by atoms with Gasteiger partial charge in [-0.05, 0) is 31.1 Å². The van der Waals surface area contributed by atoms with Crippen LogP contribution in [-0.4, -0.2) is 39.4 Å². The van der Waals surface area contributed by atoms with Crippen LogP contribution in [0.3, 0.4) is 0 Å². The third kappa shape index (κ3) is 4.47. The van der Waals surface area contributed by atoms with Crippen LogP contribution in [0.2, 0.25) is 0 Å². The number of rotatable bonds is 6. The van der Waals surface area contributed by atoms with Crippen LogP contribution in [0.5, 0.6) is 11.5 Å². The summed E-state index contributed by atoms with van der Waals surface area (Å²) in [4.78, 5) is 12.1. The lowest BCUT2D eigenvalue weighted by Crippen LogP contribution is -2.32. The summed E-state index contributed by atoms with van der Waals surface area (Å²) in [5.41, 5.74) is 0.656. The highest BCUT2D eigenvalue weighted by Crippen LogP contribution is 2.26. The Balaban J connectivity index is 2.11. The van der Waals surface area contributed by atoms with E-state index in [0.717, 1.165) is 19.4 Å². The third-order valence-corrected chi connectivity index (χ3v) is 3.62. The summed E-state index contributed by atoms with van der Waals surface area (Å²) in [5, 5.41) is 12.0. The van der Waals surface area contributed by atoms with Crippen molar-refractivity contribution in [2.24, 2.45) is 0 Å². The number of nitriles is 1. The summed E-state index contributed by atoms with van der Waals surface area (Å²) >= 11 is 0. The average molecular weight is 316 g/mol. The summed E-state index contributed by atoms with van der Waals surface area (Å²) in [6.07, 6.45) is 3.47. The van der Waals surface area contributed by atoms with Crippen molar-refractivity contribution in [2.75, 3.05) is 27.4 Å². The van der Waals surface area contributed by atoms with E-state index in [1.807, 2.05) is 6.07 Å². The van der Waals surface area contributed by atoms with Crippen LogP contribution in [0.1, 0.15) is 18.4 Å². The van der Waals surface area contributed by atoms with Crippen molar-refractivity contribution in [3.8, 4) is 17.6 Å². The fourth-order valence-electron chi connectivity index (χ4n) is 2.35. The van der Waals surface area contributed by atoms with Crippen molar-refractivity contribution >= 4 is 12.0 Å². The Labute approximate surface area is 135 Å². The van der Waals surface area contributed by atoms with E-state index < -0.39 is 5.91 Å². The zero-order chi connectivity index (χ0) is 16.7. The predicted octanol–water partition coefficient (Wildman–Crippen LogP) is 1.91. The molecule has 1 aliphatic rings. The second-order valence-corrected chi connectivity index (χ2v) is 5.12. The van der Waals surface area contributed by atoms with Crippen LogP contribution in [0.15, 0.2) is 23.8 Å². The van der Waals surface area contributed by atoms with E-state index in [4.69, 9.17) is 14.2 Å². The minimum atomic E-state index is -0.416. The third-order valence-electron chi connectivity index (χ3n) is 3.62. The normalized spacial score (nSPS) is 17.4. The number of carbonyl (C=O) groups is 1. The van der Waals surface area contributed by atoms with Gasteiger partial charge in [0.15, 0.2) is 0 Å². The zero-order valence-electron chi connectivity index (χ0n) is 13.3. The zero-order valence-corrected chi connectivity index (χ0v) is 13.3. The minimum Gasteiger partial charge on any atom is -0.497 e. The van der Waals surface area contributed by atoms with Gasteiger partial charge in [0.1, 0.15) is 23.1 Å². The van der Waals surface area contributed by atoms with Crippen molar-refractivity contribution in [1.82, 2.24) is 5.32 Å². The number of hydrogen-bond donors (Lipinski definition) is 1. The van der Waals surface area contributed by atoms with Crippen LogP contribution < -0.4 is 14.8 Å². The number of nitrogens with zero attached hydrogens (tertiary/aromatic N) is 1. The molecule has 0 unspecified atom stereocenters. The number of methoxy groups -OCH3 is 2. The molecule has 0 bridgehead atoms. The van der Waals surface area contributed by atoms with E-state index in [0.29, 0.717) is 23.6 Å². The molecule has 122 valence electrons. The molecule has 6 nitrogen and oxygen atoms in total. The van der Waals surface area contributed by atoms with Gasteiger partial charge in [-0.25, -0.2) is 0 Å². The molecule has 1 atom stereocenters. The van der Waals surface area contributed by atoms with Gasteiger partial charge in [0.25, 0.3) is 5.91 Å². The highest BCUT2D eigenvalue weighted by molar-refractivity contribution is 6.02. The molecule has 0 aromatic heterocycles. The molecule has 1 heterocycles. The van der Waals surface area contributed by atoms with Crippen LogP contribution in [0, 0.1) is 11.3 Å². The number of benzene rings is 1. The number of amides is 1. The fraction of sp³-hybridized carbons (Fsp3) is 0.412. The van der Waals surface area contributed by atoms with Gasteiger partial charge in [-0.15, -0.1) is 0 Å². The molecule has 2 rings (SSSR count). The predicted molar refractivity (Wildman–Crippen MR) is 85.1 cm³/mol. The SMILES string of the molecule is COc1ccc(/C=C(\C#N)C(=O)NC[C@@H]2CCCO2)c(OC)c1. The molecule has 1 aliphatic heterocycles. The Morgan fingerprint density at radius 3 is 2.91 bits per heavy atom. The van der Waals surface area contributed by atoms with Crippen molar-refractivity contribution in [3.05, 3.63) is 29.3 Å². The largest absolute Gasteiger partial charge is 0.497 e. The van der Waals surface area contributed by atoms with Crippen molar-refractivity contribution in [1.29, 1.82) is 5.26 Å². The molecule has 1 N–H and O–H groups in total. The van der Waals surface area contributed by atoms with Gasteiger partial charge in [-0.3, -0.25) is 4.79 Å². The first-order valence-corrected chi connectivity index (χ1v) is 7.41. The van der Waals surface area contributed by atoms with E-state index in [9.17, 15) is 10.1 Å². The molecule has 23 heavy (non-hydrogen) atoms. The molecule has 1 saturated heterocycles. The van der Waals surface area contributed by atoms with Crippen molar-refractivity contribution < 1.29 is 19.0 Å². The quantitative estimate of drug-likeness (QED) is 0.640. The molecule has 0 saturated carbocycles. The van der Waals surface area contributed by atoms with E-state index in [1.54, 1.807) is 25.3 Å². The number of carbonyl (C=O) groups excluding carboxylic acids is 1. The lowest BCUT2D eigenvalue weighted by atomic mass is 10.1. The van der Waals surface area contributed by atoms with Gasteiger partial charge >= 0.3 is 0 Å². The lowest BCUT2D eigenvalue weighted by Gasteiger charge is -2.11. The van der Waals surface area contributed by atoms with E-state index in [-0.39, 0.29) is 11.7 Å². The Morgan fingerprint density at radius 2 is 2.30 bits per heavy atom. The Bertz CT molecular complexity index is 628. The first-order chi connectivity index (χ1) is 11.2. The van der Waals surface area contributed by atoms with E-state index in [1.165, 1.54) is 13.2 Å². The topological polar surface area (TPSA) is 80.6 Å². The molecular formula is C17H20N2O4. The fourth-order valence-corrected chi connectivity index (χ4v) is 2.35. The van der Waals surface area contributed by atoms with Crippen LogP contribution in [0.4, 0.5) is 0 Å². The number of ether oxygens (including phenoxy) is 3. The smallest absolute Gasteiger partial charge is 0.262 e. The van der Waals surface area contributed by atoms with Crippen LogP contribution in [0.25, 0.3) is 6.08 Å². The molecule has 1 aromatic carbocycles. The second kappa shape index (κ2) is 8.20. The molecule has 0 aliphatic carbocycles. The lowest BCUT2D eigenvalue weighted by molar-refractivity contribution is -0.117. The summed E-state index contributed by atoms with van der Waals surface area (Å²) in [5.74, 6) is 0.755. The Kier molecular flexibility index (Phi) is 6.01. The summed E-state index contributed by atoms with van der Waals surface area (Å²) in [6.45, 7) is 1.14. The van der Waals surface area contributed by atoms with Crippen LogP contribution in [-0.2, 0) is 9.53 Å². The molecular weight excluding hydrogens is 296 g/mol. The monoisotopic (exact) mass is 316 g/mol. The van der Waals surface area contributed by atoms with Gasteiger partial charge in [0.05, 0.1) is 20.3 Å². The molecule has 1 aromatic rings. The maximum atomic E-state index is 12.1. The van der Waals surface area contributed by atoms with E-state index in [2.05, 4.69) is 5.32 Å². The molecule has 1 amide bonds. The highest BCUT2D eigenvalue weighted by atomic mass is 16.5. The second-order valence-electron chi connectivity index (χ2n) is 5.12. The summed E-state index contributed by atoms with van der Waals surface area (Å²) < 4.78 is 15.8. The minimum absolute atomic E-state index is 0.0199. The molecule has 1 fully saturated rings. The Morgan fingerprint density at radius 1 is 1.48 bits per heavy atom.